The summed E-state index contributed by atoms with van der Waals surface area (Å²) in [5, 5.41) is -0.573. The number of aromatic nitrogens is 2. The Bertz CT molecular complexity index is 1610. The third kappa shape index (κ3) is 4.35. The fourth-order valence-electron chi connectivity index (χ4n) is 9.96. The van der Waals surface area contributed by atoms with E-state index in [9.17, 15) is 0 Å². The second-order valence-corrected chi connectivity index (χ2v) is 14.8. The van der Waals surface area contributed by atoms with E-state index in [-0.39, 0.29) is 11.3 Å². The summed E-state index contributed by atoms with van der Waals surface area (Å²) in [6, 6.07) is 35.2. The monoisotopic (exact) mass is 598 g/mol. The Labute approximate surface area is 261 Å². The first-order valence-corrected chi connectivity index (χ1v) is 17.4. The van der Waals surface area contributed by atoms with Gasteiger partial charge in [0.05, 0.1) is 16.5 Å². The molecule has 5 aliphatic rings. The number of hydrogen-bond donors (Lipinski definition) is 0. The van der Waals surface area contributed by atoms with E-state index in [2.05, 4.69) is 109 Å². The molecule has 2 aromatic carbocycles. The van der Waals surface area contributed by atoms with E-state index in [1.165, 1.54) is 60.5 Å². The van der Waals surface area contributed by atoms with Crippen LogP contribution in [0.5, 0.6) is 0 Å². The molecule has 4 fully saturated rings. The molecule has 0 amide bonds. The Kier molecular flexibility index (Phi) is 7.01. The zero-order valence-electron chi connectivity index (χ0n) is 24.6. The van der Waals surface area contributed by atoms with Gasteiger partial charge in [0.25, 0.3) is 0 Å². The van der Waals surface area contributed by atoms with Gasteiger partial charge in [-0.15, -0.1) is 18.5 Å². The molecule has 4 bridgehead atoms. The second kappa shape index (κ2) is 10.9. The average molecular weight is 599 g/mol. The molecule has 216 valence electrons. The van der Waals surface area contributed by atoms with Crippen molar-refractivity contribution >= 4 is 24.1 Å². The summed E-state index contributed by atoms with van der Waals surface area (Å²) in [7, 11) is 6.51. The molecule has 43 heavy (non-hydrogen) atoms. The van der Waals surface area contributed by atoms with Crippen LogP contribution in [-0.4, -0.2) is 16.1 Å². The highest BCUT2D eigenvalue weighted by Crippen LogP contribution is 2.71. The molecule has 4 heteroatoms. The van der Waals surface area contributed by atoms with Gasteiger partial charge in [-0.2, -0.15) is 0 Å². The lowest BCUT2D eigenvalue weighted by Gasteiger charge is -2.63. The fourth-order valence-corrected chi connectivity index (χ4v) is 11.4. The number of hydrogen-bond acceptors (Lipinski definition) is 2. The molecule has 2 nitrogen and oxygen atoms in total. The molecule has 0 N–H and O–H groups in total. The van der Waals surface area contributed by atoms with Crippen LogP contribution in [0.2, 0.25) is 0 Å². The summed E-state index contributed by atoms with van der Waals surface area (Å²) in [6.45, 7) is 0. The van der Waals surface area contributed by atoms with E-state index in [1.54, 1.807) is 5.57 Å². The molecule has 0 saturated heterocycles. The minimum Gasteiger partial charge on any atom is -0.260 e. The number of rotatable bonds is 7. The highest BCUT2D eigenvalue weighted by molar-refractivity contribution is 7.19. The van der Waals surface area contributed by atoms with Crippen LogP contribution in [0.15, 0.2) is 127 Å². The van der Waals surface area contributed by atoms with Crippen LogP contribution in [0.1, 0.15) is 60.5 Å². The quantitative estimate of drug-likeness (QED) is 0.198. The Hall–Kier alpha value is -2.92. The van der Waals surface area contributed by atoms with E-state index in [0.717, 1.165) is 29.1 Å². The SMILES string of the molecule is PCC1C2CC3CC(C2)CC1(C1=C(C(P)(c2ccccn2)c2ccccn2)C=C(c2ccccc2)C1c1ccccc1)C3. The number of benzene rings is 2. The molecule has 2 heterocycles. The van der Waals surface area contributed by atoms with Gasteiger partial charge < -0.3 is 0 Å². The molecular weight excluding hydrogens is 558 g/mol. The first kappa shape index (κ1) is 27.6. The standard InChI is InChI=1S/C39H40N2P2/c42-25-33-30-20-26-19-27(21-30)24-38(33,23-26)37-32(39(43,34-15-7-9-17-40-34)35-16-8-10-18-41-35)22-31(28-11-3-1-4-12-28)36(37)29-13-5-2-6-14-29/h1-18,22,26-27,30,33,36H,19-21,23-25,42-43H2. The van der Waals surface area contributed by atoms with Crippen molar-refractivity contribution in [2.24, 2.45) is 29.1 Å². The lowest BCUT2D eigenvalue weighted by Crippen LogP contribution is -2.55. The minimum atomic E-state index is -0.573. The molecule has 6 atom stereocenters. The first-order chi connectivity index (χ1) is 21.1. The normalized spacial score (nSPS) is 29.6. The van der Waals surface area contributed by atoms with Crippen molar-refractivity contribution in [3.8, 4) is 0 Å². The van der Waals surface area contributed by atoms with Gasteiger partial charge >= 0.3 is 0 Å². The molecule has 0 aliphatic heterocycles. The van der Waals surface area contributed by atoms with Gasteiger partial charge in [0.15, 0.2) is 0 Å². The summed E-state index contributed by atoms with van der Waals surface area (Å²) < 4.78 is 0. The minimum absolute atomic E-state index is 0.157. The fraction of sp³-hybridized carbons (Fsp3) is 0.333. The van der Waals surface area contributed by atoms with Crippen molar-refractivity contribution in [2.75, 3.05) is 6.16 Å². The maximum absolute atomic E-state index is 5.06. The molecular formula is C39H40N2P2. The van der Waals surface area contributed by atoms with Crippen molar-refractivity contribution in [3.63, 3.8) is 0 Å². The topological polar surface area (TPSA) is 25.8 Å². The van der Waals surface area contributed by atoms with Crippen LogP contribution in [0.4, 0.5) is 0 Å². The number of pyridine rings is 2. The van der Waals surface area contributed by atoms with Crippen molar-refractivity contribution in [1.29, 1.82) is 0 Å². The lowest BCUT2D eigenvalue weighted by atomic mass is 9.42. The van der Waals surface area contributed by atoms with Gasteiger partial charge in [-0.3, -0.25) is 9.97 Å². The van der Waals surface area contributed by atoms with Crippen molar-refractivity contribution in [1.82, 2.24) is 9.97 Å². The van der Waals surface area contributed by atoms with Crippen LogP contribution in [0.25, 0.3) is 5.57 Å². The molecule has 0 spiro atoms. The van der Waals surface area contributed by atoms with Crippen LogP contribution in [0.3, 0.4) is 0 Å². The van der Waals surface area contributed by atoms with Crippen molar-refractivity contribution in [3.05, 3.63) is 149 Å². The van der Waals surface area contributed by atoms with Crippen LogP contribution in [-0.2, 0) is 5.16 Å². The molecule has 5 aliphatic carbocycles. The van der Waals surface area contributed by atoms with Crippen LogP contribution < -0.4 is 0 Å². The predicted octanol–water partition coefficient (Wildman–Crippen LogP) is 9.09. The molecule has 9 rings (SSSR count). The number of nitrogens with zero attached hydrogens (tertiary/aromatic N) is 2. The predicted molar refractivity (Wildman–Crippen MR) is 184 cm³/mol. The molecule has 4 aromatic rings. The van der Waals surface area contributed by atoms with Crippen LogP contribution >= 0.6 is 18.5 Å². The maximum atomic E-state index is 5.06. The smallest absolute Gasteiger partial charge is 0.0933 e. The van der Waals surface area contributed by atoms with Crippen LogP contribution in [0, 0.1) is 29.1 Å². The molecule has 0 radical (unpaired) electrons. The van der Waals surface area contributed by atoms with E-state index in [4.69, 9.17) is 9.97 Å². The Morgan fingerprint density at radius 2 is 1.30 bits per heavy atom. The Morgan fingerprint density at radius 1 is 0.721 bits per heavy atom. The summed E-state index contributed by atoms with van der Waals surface area (Å²) in [5.41, 5.74) is 9.40. The second-order valence-electron chi connectivity index (χ2n) is 13.5. The summed E-state index contributed by atoms with van der Waals surface area (Å²) in [6.07, 6.45) is 14.5. The maximum Gasteiger partial charge on any atom is 0.0933 e. The molecule has 2 aromatic heterocycles. The highest BCUT2D eigenvalue weighted by atomic mass is 31.0. The van der Waals surface area contributed by atoms with E-state index in [0.29, 0.717) is 5.92 Å². The van der Waals surface area contributed by atoms with Gasteiger partial charge in [0.2, 0.25) is 0 Å². The van der Waals surface area contributed by atoms with Gasteiger partial charge in [0, 0.05) is 18.3 Å². The van der Waals surface area contributed by atoms with E-state index in [1.807, 2.05) is 24.5 Å². The van der Waals surface area contributed by atoms with Gasteiger partial charge in [-0.1, -0.05) is 78.9 Å². The number of allylic oxidation sites excluding steroid dienone is 4. The van der Waals surface area contributed by atoms with E-state index >= 15 is 0 Å². The van der Waals surface area contributed by atoms with Gasteiger partial charge in [0.1, 0.15) is 0 Å². The summed E-state index contributed by atoms with van der Waals surface area (Å²) >= 11 is 0. The Morgan fingerprint density at radius 3 is 1.86 bits per heavy atom. The first-order valence-electron chi connectivity index (χ1n) is 16.0. The van der Waals surface area contributed by atoms with Gasteiger partial charge in [-0.25, -0.2) is 0 Å². The third-order valence-electron chi connectivity index (χ3n) is 11.3. The van der Waals surface area contributed by atoms with Crippen molar-refractivity contribution in [2.45, 2.75) is 43.2 Å². The zero-order valence-corrected chi connectivity index (χ0v) is 27.0. The summed E-state index contributed by atoms with van der Waals surface area (Å²) in [5.74, 6) is 3.35. The molecule has 6 unspecified atom stereocenters. The Balaban J connectivity index is 1.48. The molecule has 4 saturated carbocycles. The zero-order chi connectivity index (χ0) is 29.0. The van der Waals surface area contributed by atoms with Gasteiger partial charge in [-0.05, 0) is 119 Å². The largest absolute Gasteiger partial charge is 0.260 e. The third-order valence-corrected chi connectivity index (χ3v) is 12.7. The highest BCUT2D eigenvalue weighted by Gasteiger charge is 2.61. The van der Waals surface area contributed by atoms with E-state index < -0.39 is 5.16 Å². The average Bonchev–Trinajstić information content (AvgIpc) is 3.48. The lowest BCUT2D eigenvalue weighted by molar-refractivity contribution is -0.0798. The summed E-state index contributed by atoms with van der Waals surface area (Å²) in [4.78, 5) is 10.1. The van der Waals surface area contributed by atoms with Crippen molar-refractivity contribution < 1.29 is 0 Å².